The molecule has 1 aromatic carbocycles. The minimum Gasteiger partial charge on any atom is -0.392 e. The number of halogens is 1. The van der Waals surface area contributed by atoms with Crippen molar-refractivity contribution in [3.8, 4) is 0 Å². The molecule has 0 spiro atoms. The molecule has 2 nitrogen and oxygen atoms in total. The molecule has 1 aliphatic rings. The van der Waals surface area contributed by atoms with Gasteiger partial charge in [-0.3, -0.25) is 4.99 Å². The van der Waals surface area contributed by atoms with Crippen molar-refractivity contribution in [3.05, 3.63) is 33.3 Å². The van der Waals surface area contributed by atoms with Gasteiger partial charge in [-0.25, -0.2) is 0 Å². The van der Waals surface area contributed by atoms with E-state index in [4.69, 9.17) is 16.7 Å². The maximum Gasteiger partial charge on any atom is 0.0707 e. The van der Waals surface area contributed by atoms with E-state index in [0.29, 0.717) is 5.02 Å². The van der Waals surface area contributed by atoms with Gasteiger partial charge in [0.2, 0.25) is 0 Å². The van der Waals surface area contributed by atoms with Crippen LogP contribution in [-0.4, -0.2) is 11.1 Å². The Morgan fingerprint density at radius 2 is 2.31 bits per heavy atom. The quantitative estimate of drug-likeness (QED) is 0.701. The first-order chi connectivity index (χ1) is 6.20. The zero-order valence-corrected chi connectivity index (χ0v) is 8.04. The van der Waals surface area contributed by atoms with E-state index in [1.807, 2.05) is 19.1 Å². The fourth-order valence-electron chi connectivity index (χ4n) is 1.58. The summed E-state index contributed by atoms with van der Waals surface area (Å²) in [4.78, 5) is 4.39. The molecule has 1 aliphatic heterocycles. The molecule has 3 heteroatoms. The Balaban J connectivity index is 2.78. The summed E-state index contributed by atoms with van der Waals surface area (Å²) in [6.07, 6.45) is 2.04. The number of benzene rings is 1. The fourth-order valence-corrected chi connectivity index (χ4v) is 1.83. The van der Waals surface area contributed by atoms with E-state index in [9.17, 15) is 0 Å². The fraction of sp³-hybridized carbons (Fsp3) is 0.300. The van der Waals surface area contributed by atoms with Gasteiger partial charge in [0.1, 0.15) is 0 Å². The molecule has 1 atom stereocenters. The number of hydrogen-bond donors (Lipinski definition) is 1. The van der Waals surface area contributed by atoms with Crippen molar-refractivity contribution < 1.29 is 5.11 Å². The predicted molar refractivity (Wildman–Crippen MR) is 52.1 cm³/mol. The molecular formula is C10H10ClNO. The van der Waals surface area contributed by atoms with E-state index in [0.717, 1.165) is 16.1 Å². The molecule has 0 bridgehead atoms. The van der Waals surface area contributed by atoms with Gasteiger partial charge < -0.3 is 5.11 Å². The second-order valence-electron chi connectivity index (χ2n) is 3.20. The van der Waals surface area contributed by atoms with Crippen LogP contribution < -0.4 is 10.6 Å². The summed E-state index contributed by atoms with van der Waals surface area (Å²) in [6.45, 7) is 2.00. The van der Waals surface area contributed by atoms with Crippen LogP contribution in [0.1, 0.15) is 12.5 Å². The Hall–Kier alpha value is -0.860. The highest BCUT2D eigenvalue weighted by Gasteiger charge is 2.07. The van der Waals surface area contributed by atoms with Gasteiger partial charge >= 0.3 is 0 Å². The van der Waals surface area contributed by atoms with Gasteiger partial charge in [0.15, 0.2) is 0 Å². The predicted octanol–water partition coefficient (Wildman–Crippen LogP) is 0.635. The summed E-state index contributed by atoms with van der Waals surface area (Å²) in [5.41, 5.74) is 0.808. The third-order valence-electron chi connectivity index (χ3n) is 2.11. The van der Waals surface area contributed by atoms with Crippen LogP contribution in [-0.2, 0) is 6.61 Å². The van der Waals surface area contributed by atoms with Crippen LogP contribution in [0.5, 0.6) is 0 Å². The van der Waals surface area contributed by atoms with Gasteiger partial charge in [-0.15, -0.1) is 0 Å². The zero-order chi connectivity index (χ0) is 9.42. The molecule has 0 radical (unpaired) electrons. The van der Waals surface area contributed by atoms with Crippen LogP contribution in [0.15, 0.2) is 17.1 Å². The zero-order valence-electron chi connectivity index (χ0n) is 7.29. The number of fused-ring (bicyclic) bond motifs is 1. The third-order valence-corrected chi connectivity index (χ3v) is 2.33. The Morgan fingerprint density at radius 1 is 1.54 bits per heavy atom. The minimum atomic E-state index is -0.00699. The minimum absolute atomic E-state index is 0.00699. The number of hydrogen-bond acceptors (Lipinski definition) is 2. The summed E-state index contributed by atoms with van der Waals surface area (Å²) in [5, 5.41) is 11.7. The molecule has 1 unspecified atom stereocenters. The van der Waals surface area contributed by atoms with Gasteiger partial charge in [0.05, 0.1) is 18.0 Å². The second-order valence-corrected chi connectivity index (χ2v) is 3.63. The molecule has 13 heavy (non-hydrogen) atoms. The topological polar surface area (TPSA) is 32.6 Å². The lowest BCUT2D eigenvalue weighted by Crippen LogP contribution is -2.25. The molecule has 0 saturated carbocycles. The Labute approximate surface area is 81.2 Å². The van der Waals surface area contributed by atoms with E-state index in [-0.39, 0.29) is 12.6 Å². The molecule has 0 amide bonds. The maximum atomic E-state index is 9.08. The number of nitrogens with zero attached hydrogens (tertiary/aromatic N) is 1. The first-order valence-electron chi connectivity index (χ1n) is 4.19. The average molecular weight is 196 g/mol. The lowest BCUT2D eigenvalue weighted by Gasteiger charge is -1.96. The third kappa shape index (κ3) is 1.47. The van der Waals surface area contributed by atoms with E-state index in [1.54, 1.807) is 6.07 Å². The van der Waals surface area contributed by atoms with Crippen LogP contribution in [0.2, 0.25) is 5.02 Å². The highest BCUT2D eigenvalue weighted by Crippen LogP contribution is 2.07. The monoisotopic (exact) mass is 195 g/mol. The number of rotatable bonds is 1. The summed E-state index contributed by atoms with van der Waals surface area (Å²) in [6, 6.07) is 3.83. The summed E-state index contributed by atoms with van der Waals surface area (Å²) >= 11 is 5.88. The molecule has 1 aromatic rings. The molecule has 2 rings (SSSR count). The van der Waals surface area contributed by atoms with Crippen LogP contribution in [0.25, 0.3) is 6.08 Å². The Bertz CT molecular complexity index is 453. The van der Waals surface area contributed by atoms with Crippen molar-refractivity contribution in [2.75, 3.05) is 0 Å². The maximum absolute atomic E-state index is 9.08. The highest BCUT2D eigenvalue weighted by molar-refractivity contribution is 6.30. The second kappa shape index (κ2) is 3.13. The Kier molecular flexibility index (Phi) is 2.10. The molecule has 0 saturated heterocycles. The van der Waals surface area contributed by atoms with E-state index in [1.165, 1.54) is 0 Å². The van der Waals surface area contributed by atoms with Gasteiger partial charge in [-0.2, -0.15) is 0 Å². The van der Waals surface area contributed by atoms with Crippen LogP contribution in [0.4, 0.5) is 0 Å². The van der Waals surface area contributed by atoms with Crippen molar-refractivity contribution in [2.45, 2.75) is 19.6 Å². The first-order valence-corrected chi connectivity index (χ1v) is 4.57. The summed E-state index contributed by atoms with van der Waals surface area (Å²) in [5.74, 6) is 0. The normalized spacial score (nSPS) is 19.2. The lowest BCUT2D eigenvalue weighted by atomic mass is 10.2. The van der Waals surface area contributed by atoms with Crippen molar-refractivity contribution in [2.24, 2.45) is 4.99 Å². The van der Waals surface area contributed by atoms with Crippen LogP contribution in [0, 0.1) is 0 Å². The molecule has 1 heterocycles. The standard InChI is InChI=1S/C10H10ClNO/c1-6-2-7-3-9(11)4-8(5-13)10(7)12-6/h2-4,6,13H,5H2,1H3. The van der Waals surface area contributed by atoms with Crippen molar-refractivity contribution in [1.29, 1.82) is 0 Å². The molecule has 68 valence electrons. The number of aliphatic hydroxyl groups excluding tert-OH is 1. The van der Waals surface area contributed by atoms with Gasteiger partial charge in [0.25, 0.3) is 0 Å². The molecular weight excluding hydrogens is 186 g/mol. The van der Waals surface area contributed by atoms with Gasteiger partial charge in [-0.1, -0.05) is 17.7 Å². The van der Waals surface area contributed by atoms with Crippen molar-refractivity contribution in [1.82, 2.24) is 0 Å². The SMILES string of the molecule is CC1C=c2cc(Cl)cc(CO)c2=N1. The highest BCUT2D eigenvalue weighted by atomic mass is 35.5. The van der Waals surface area contributed by atoms with Gasteiger partial charge in [0, 0.05) is 10.6 Å². The summed E-state index contributed by atoms with van der Waals surface area (Å²) in [7, 11) is 0. The molecule has 0 aliphatic carbocycles. The largest absolute Gasteiger partial charge is 0.392 e. The first kappa shape index (κ1) is 8.73. The smallest absolute Gasteiger partial charge is 0.0707 e. The average Bonchev–Trinajstić information content (AvgIpc) is 2.43. The van der Waals surface area contributed by atoms with Crippen LogP contribution in [0.3, 0.4) is 0 Å². The van der Waals surface area contributed by atoms with Crippen molar-refractivity contribution in [3.63, 3.8) is 0 Å². The van der Waals surface area contributed by atoms with E-state index in [2.05, 4.69) is 4.99 Å². The van der Waals surface area contributed by atoms with E-state index < -0.39 is 0 Å². The van der Waals surface area contributed by atoms with Crippen LogP contribution >= 0.6 is 11.6 Å². The summed E-state index contributed by atoms with van der Waals surface area (Å²) < 4.78 is 0. The van der Waals surface area contributed by atoms with E-state index >= 15 is 0 Å². The lowest BCUT2D eigenvalue weighted by molar-refractivity contribution is 0.280. The molecule has 0 fully saturated rings. The van der Waals surface area contributed by atoms with Gasteiger partial charge in [-0.05, 0) is 24.3 Å². The number of aliphatic hydroxyl groups is 1. The Morgan fingerprint density at radius 3 is 3.00 bits per heavy atom. The van der Waals surface area contributed by atoms with Crippen molar-refractivity contribution >= 4 is 17.7 Å². The molecule has 0 aromatic heterocycles. The molecule has 1 N–H and O–H groups in total.